The van der Waals surface area contributed by atoms with Crippen molar-refractivity contribution in [1.82, 2.24) is 4.90 Å². The number of fused-ring (bicyclic) bond motifs is 1. The molecule has 4 heteroatoms. The molecule has 0 bridgehead atoms. The molecule has 26 heavy (non-hydrogen) atoms. The number of rotatable bonds is 4. The topological polar surface area (TPSA) is 49.8 Å². The van der Waals surface area contributed by atoms with Gasteiger partial charge in [0, 0.05) is 18.5 Å². The first kappa shape index (κ1) is 16.5. The quantitative estimate of drug-likeness (QED) is 0.769. The molecule has 1 saturated heterocycles. The standard InChI is InChI=1S/C22H21NO3/c24-17-7-5-6-16(14-17)18-10-11-21(20-9-2-1-8-19(18)20)26-15-22(25)23-12-3-4-13-23/h1-2,5-11,14,24H,3-4,12-13,15H2. The molecule has 1 N–H and O–H groups in total. The van der Waals surface area contributed by atoms with E-state index in [0.717, 1.165) is 47.8 Å². The number of hydrogen-bond acceptors (Lipinski definition) is 3. The van der Waals surface area contributed by atoms with Crippen LogP contribution in [-0.2, 0) is 4.79 Å². The van der Waals surface area contributed by atoms with Crippen molar-refractivity contribution in [1.29, 1.82) is 0 Å². The van der Waals surface area contributed by atoms with Crippen LogP contribution >= 0.6 is 0 Å². The summed E-state index contributed by atoms with van der Waals surface area (Å²) in [5.41, 5.74) is 1.97. The number of ether oxygens (including phenoxy) is 1. The van der Waals surface area contributed by atoms with Gasteiger partial charge in [0.25, 0.3) is 5.91 Å². The van der Waals surface area contributed by atoms with Crippen molar-refractivity contribution in [2.75, 3.05) is 19.7 Å². The molecule has 3 aromatic rings. The molecule has 0 atom stereocenters. The minimum absolute atomic E-state index is 0.0450. The van der Waals surface area contributed by atoms with Crippen LogP contribution in [0.4, 0.5) is 0 Å². The first-order valence-electron chi connectivity index (χ1n) is 8.94. The number of benzene rings is 3. The Balaban J connectivity index is 1.65. The van der Waals surface area contributed by atoms with Crippen LogP contribution in [0.25, 0.3) is 21.9 Å². The highest BCUT2D eigenvalue weighted by Gasteiger charge is 2.18. The van der Waals surface area contributed by atoms with E-state index in [9.17, 15) is 9.90 Å². The van der Waals surface area contributed by atoms with Gasteiger partial charge in [-0.15, -0.1) is 0 Å². The minimum atomic E-state index is 0.0450. The number of phenolic OH excluding ortho intramolecular Hbond substituents is 1. The van der Waals surface area contributed by atoms with E-state index in [1.807, 2.05) is 53.4 Å². The lowest BCUT2D eigenvalue weighted by atomic mass is 9.97. The van der Waals surface area contributed by atoms with Crippen LogP contribution in [0.15, 0.2) is 60.7 Å². The Hall–Kier alpha value is -3.01. The molecule has 0 radical (unpaired) electrons. The molecule has 3 aromatic carbocycles. The van der Waals surface area contributed by atoms with Gasteiger partial charge >= 0.3 is 0 Å². The van der Waals surface area contributed by atoms with Gasteiger partial charge < -0.3 is 14.7 Å². The minimum Gasteiger partial charge on any atom is -0.508 e. The van der Waals surface area contributed by atoms with Crippen LogP contribution < -0.4 is 4.74 Å². The van der Waals surface area contributed by atoms with Gasteiger partial charge in [-0.05, 0) is 47.6 Å². The lowest BCUT2D eigenvalue weighted by molar-refractivity contribution is -0.132. The third-order valence-corrected chi connectivity index (χ3v) is 4.85. The van der Waals surface area contributed by atoms with Crippen LogP contribution in [0.3, 0.4) is 0 Å². The molecule has 0 unspecified atom stereocenters. The molecular formula is C22H21NO3. The molecule has 1 aliphatic heterocycles. The molecule has 1 heterocycles. The molecular weight excluding hydrogens is 326 g/mol. The SMILES string of the molecule is O=C(COc1ccc(-c2cccc(O)c2)c2ccccc12)N1CCCC1. The number of carbonyl (C=O) groups excluding carboxylic acids is 1. The smallest absolute Gasteiger partial charge is 0.260 e. The predicted octanol–water partition coefficient (Wildman–Crippen LogP) is 4.21. The fourth-order valence-corrected chi connectivity index (χ4v) is 3.52. The van der Waals surface area contributed by atoms with Crippen LogP contribution in [0, 0.1) is 0 Å². The first-order chi connectivity index (χ1) is 12.7. The van der Waals surface area contributed by atoms with Gasteiger partial charge in [0.1, 0.15) is 11.5 Å². The molecule has 0 aliphatic carbocycles. The summed E-state index contributed by atoms with van der Waals surface area (Å²) in [6, 6.07) is 19.1. The van der Waals surface area contributed by atoms with E-state index >= 15 is 0 Å². The Bertz CT molecular complexity index is 945. The summed E-state index contributed by atoms with van der Waals surface area (Å²) >= 11 is 0. The van der Waals surface area contributed by atoms with E-state index in [1.54, 1.807) is 12.1 Å². The molecule has 0 saturated carbocycles. The van der Waals surface area contributed by atoms with E-state index in [0.29, 0.717) is 5.75 Å². The summed E-state index contributed by atoms with van der Waals surface area (Å²) in [5.74, 6) is 0.990. The lowest BCUT2D eigenvalue weighted by Gasteiger charge is -2.17. The Morgan fingerprint density at radius 1 is 0.962 bits per heavy atom. The average Bonchev–Trinajstić information content (AvgIpc) is 3.20. The van der Waals surface area contributed by atoms with Gasteiger partial charge in [0.05, 0.1) is 0 Å². The van der Waals surface area contributed by atoms with Crippen molar-refractivity contribution >= 4 is 16.7 Å². The second-order valence-electron chi connectivity index (χ2n) is 6.58. The number of nitrogens with zero attached hydrogens (tertiary/aromatic N) is 1. The first-order valence-corrected chi connectivity index (χ1v) is 8.94. The van der Waals surface area contributed by atoms with Crippen molar-refractivity contribution < 1.29 is 14.6 Å². The van der Waals surface area contributed by atoms with Crippen LogP contribution in [-0.4, -0.2) is 35.6 Å². The maximum Gasteiger partial charge on any atom is 0.260 e. The zero-order valence-electron chi connectivity index (χ0n) is 14.5. The average molecular weight is 347 g/mol. The van der Waals surface area contributed by atoms with Crippen molar-refractivity contribution in [3.8, 4) is 22.6 Å². The predicted molar refractivity (Wildman–Crippen MR) is 102 cm³/mol. The van der Waals surface area contributed by atoms with Gasteiger partial charge in [-0.25, -0.2) is 0 Å². The fourth-order valence-electron chi connectivity index (χ4n) is 3.52. The zero-order chi connectivity index (χ0) is 17.9. The van der Waals surface area contributed by atoms with Crippen LogP contribution in [0.5, 0.6) is 11.5 Å². The van der Waals surface area contributed by atoms with Gasteiger partial charge in [-0.1, -0.05) is 42.5 Å². The third-order valence-electron chi connectivity index (χ3n) is 4.85. The summed E-state index contributed by atoms with van der Waals surface area (Å²) in [4.78, 5) is 14.1. The maximum atomic E-state index is 12.3. The largest absolute Gasteiger partial charge is 0.508 e. The van der Waals surface area contributed by atoms with E-state index in [-0.39, 0.29) is 18.3 Å². The second kappa shape index (κ2) is 7.08. The normalized spacial score (nSPS) is 13.9. The lowest BCUT2D eigenvalue weighted by Crippen LogP contribution is -2.32. The Morgan fingerprint density at radius 2 is 1.73 bits per heavy atom. The monoisotopic (exact) mass is 347 g/mol. The van der Waals surface area contributed by atoms with Gasteiger partial charge in [0.15, 0.2) is 6.61 Å². The van der Waals surface area contributed by atoms with Crippen molar-refractivity contribution in [2.24, 2.45) is 0 Å². The van der Waals surface area contributed by atoms with Crippen molar-refractivity contribution in [2.45, 2.75) is 12.8 Å². The summed E-state index contributed by atoms with van der Waals surface area (Å²) in [5, 5.41) is 11.8. The summed E-state index contributed by atoms with van der Waals surface area (Å²) in [6.07, 6.45) is 2.15. The molecule has 1 fully saturated rings. The fraction of sp³-hybridized carbons (Fsp3) is 0.227. The second-order valence-corrected chi connectivity index (χ2v) is 6.58. The molecule has 0 spiro atoms. The van der Waals surface area contributed by atoms with Crippen molar-refractivity contribution in [3.05, 3.63) is 60.7 Å². The highest BCUT2D eigenvalue weighted by molar-refractivity contribution is 6.00. The van der Waals surface area contributed by atoms with E-state index in [2.05, 4.69) is 0 Å². The Kier molecular flexibility index (Phi) is 4.48. The Morgan fingerprint density at radius 3 is 2.50 bits per heavy atom. The van der Waals surface area contributed by atoms with Gasteiger partial charge in [0.2, 0.25) is 0 Å². The van der Waals surface area contributed by atoms with E-state index in [1.165, 1.54) is 0 Å². The molecule has 1 amide bonds. The number of phenols is 1. The third kappa shape index (κ3) is 3.23. The highest BCUT2D eigenvalue weighted by Crippen LogP contribution is 2.35. The van der Waals surface area contributed by atoms with E-state index < -0.39 is 0 Å². The Labute approximate surface area is 152 Å². The van der Waals surface area contributed by atoms with Crippen molar-refractivity contribution in [3.63, 3.8) is 0 Å². The van der Waals surface area contributed by atoms with E-state index in [4.69, 9.17) is 4.74 Å². The number of hydrogen-bond donors (Lipinski definition) is 1. The summed E-state index contributed by atoms with van der Waals surface area (Å²) < 4.78 is 5.87. The van der Waals surface area contributed by atoms with Gasteiger partial charge in [-0.3, -0.25) is 4.79 Å². The summed E-state index contributed by atoms with van der Waals surface area (Å²) in [6.45, 7) is 1.73. The maximum absolute atomic E-state index is 12.3. The highest BCUT2D eigenvalue weighted by atomic mass is 16.5. The number of likely N-dealkylation sites (tertiary alicyclic amines) is 1. The number of aromatic hydroxyl groups is 1. The zero-order valence-corrected chi connectivity index (χ0v) is 14.5. The molecule has 4 rings (SSSR count). The van der Waals surface area contributed by atoms with Crippen LogP contribution in [0.2, 0.25) is 0 Å². The molecule has 4 nitrogen and oxygen atoms in total. The van der Waals surface area contributed by atoms with Crippen LogP contribution in [0.1, 0.15) is 12.8 Å². The van der Waals surface area contributed by atoms with Gasteiger partial charge in [-0.2, -0.15) is 0 Å². The number of carbonyl (C=O) groups is 1. The molecule has 0 aromatic heterocycles. The molecule has 1 aliphatic rings. The number of amides is 1. The summed E-state index contributed by atoms with van der Waals surface area (Å²) in [7, 11) is 0. The molecule has 132 valence electrons.